The molecular weight excluding hydrogens is 492 g/mol. The van der Waals surface area contributed by atoms with Crippen molar-refractivity contribution in [1.29, 1.82) is 0 Å². The highest BCUT2D eigenvalue weighted by Crippen LogP contribution is 2.36. The summed E-state index contributed by atoms with van der Waals surface area (Å²) in [5.41, 5.74) is -4.03. The van der Waals surface area contributed by atoms with Crippen molar-refractivity contribution in [3.8, 4) is 5.95 Å². The van der Waals surface area contributed by atoms with Crippen LogP contribution in [0.25, 0.3) is 5.95 Å². The number of aromatic nitrogens is 5. The van der Waals surface area contributed by atoms with Gasteiger partial charge in [-0.15, -0.1) is 5.10 Å². The molecule has 3 rings (SSSR count). The number of rotatable bonds is 5. The fourth-order valence-corrected chi connectivity index (χ4v) is 2.87. The summed E-state index contributed by atoms with van der Waals surface area (Å²) >= 11 is 5.79. The fraction of sp³-hybridized carbons (Fsp3) is 0.316. The predicted molar refractivity (Wildman–Crippen MR) is 109 cm³/mol. The molecular formula is C19H16ClF6N7O. The third-order valence-electron chi connectivity index (χ3n) is 4.40. The van der Waals surface area contributed by atoms with E-state index in [1.54, 1.807) is 14.1 Å². The molecule has 0 radical (unpaired) electrons. The van der Waals surface area contributed by atoms with Crippen molar-refractivity contribution in [1.82, 2.24) is 30.0 Å². The Morgan fingerprint density at radius 1 is 1.03 bits per heavy atom. The summed E-state index contributed by atoms with van der Waals surface area (Å²) in [6.07, 6.45) is -7.60. The zero-order valence-corrected chi connectivity index (χ0v) is 18.5. The first kappa shape index (κ1) is 25.2. The van der Waals surface area contributed by atoms with Crippen LogP contribution in [0.15, 0.2) is 30.6 Å². The fourth-order valence-electron chi connectivity index (χ4n) is 2.78. The van der Waals surface area contributed by atoms with Crippen LogP contribution in [0, 0.1) is 0 Å². The van der Waals surface area contributed by atoms with Gasteiger partial charge in [-0.25, -0.2) is 9.97 Å². The average molecular weight is 508 g/mol. The van der Waals surface area contributed by atoms with Crippen molar-refractivity contribution in [3.63, 3.8) is 0 Å². The van der Waals surface area contributed by atoms with Gasteiger partial charge in [-0.1, -0.05) is 11.6 Å². The molecule has 2 aromatic heterocycles. The third-order valence-corrected chi connectivity index (χ3v) is 4.60. The van der Waals surface area contributed by atoms with Crippen LogP contribution in [0.5, 0.6) is 0 Å². The van der Waals surface area contributed by atoms with Crippen molar-refractivity contribution in [2.75, 3.05) is 19.0 Å². The summed E-state index contributed by atoms with van der Waals surface area (Å²) < 4.78 is 79.9. The Kier molecular flexibility index (Phi) is 6.73. The molecule has 1 atom stereocenters. The van der Waals surface area contributed by atoms with E-state index in [1.165, 1.54) is 28.9 Å². The Hall–Kier alpha value is -3.42. The molecule has 0 unspecified atom stereocenters. The van der Waals surface area contributed by atoms with Crippen LogP contribution >= 0.6 is 11.6 Å². The van der Waals surface area contributed by atoms with Crippen molar-refractivity contribution in [2.45, 2.75) is 25.3 Å². The van der Waals surface area contributed by atoms with E-state index in [2.05, 4.69) is 25.4 Å². The molecule has 8 nitrogen and oxygen atoms in total. The minimum atomic E-state index is -5.09. The van der Waals surface area contributed by atoms with Crippen molar-refractivity contribution >= 4 is 23.5 Å². The van der Waals surface area contributed by atoms with E-state index >= 15 is 0 Å². The van der Waals surface area contributed by atoms with Gasteiger partial charge in [-0.2, -0.15) is 36.0 Å². The lowest BCUT2D eigenvalue weighted by Crippen LogP contribution is -2.29. The largest absolute Gasteiger partial charge is 0.416 e. The molecule has 34 heavy (non-hydrogen) atoms. The molecule has 0 bridgehead atoms. The molecule has 0 aliphatic rings. The van der Waals surface area contributed by atoms with Gasteiger partial charge in [0.15, 0.2) is 5.82 Å². The van der Waals surface area contributed by atoms with E-state index in [-0.39, 0.29) is 28.8 Å². The van der Waals surface area contributed by atoms with Gasteiger partial charge in [0.05, 0.1) is 34.6 Å². The second kappa shape index (κ2) is 9.08. The van der Waals surface area contributed by atoms with Crippen LogP contribution in [0.3, 0.4) is 0 Å². The molecule has 0 saturated carbocycles. The number of carbonyl (C=O) groups is 1. The van der Waals surface area contributed by atoms with Gasteiger partial charge in [-0.05, 0) is 25.1 Å². The Morgan fingerprint density at radius 3 is 2.03 bits per heavy atom. The first-order chi connectivity index (χ1) is 15.7. The standard InChI is InChI=1S/C19H16ClF6N7O/c1-9(14-30-17(32(2)3)31-33(14)16-27-7-13(20)8-28-16)29-15(34)10-4-11(18(21,22)23)6-12(5-10)19(24,25)26/h4-9H,1-3H3,(H,29,34)/t9-/m0/s1. The first-order valence-electron chi connectivity index (χ1n) is 9.39. The molecule has 15 heteroatoms. The maximum atomic E-state index is 13.1. The molecule has 0 aliphatic carbocycles. The van der Waals surface area contributed by atoms with Gasteiger partial charge < -0.3 is 10.2 Å². The van der Waals surface area contributed by atoms with Gasteiger partial charge in [-0.3, -0.25) is 4.79 Å². The molecule has 0 aliphatic heterocycles. The van der Waals surface area contributed by atoms with E-state index in [0.29, 0.717) is 12.1 Å². The normalized spacial score (nSPS) is 13.0. The molecule has 0 saturated heterocycles. The van der Waals surface area contributed by atoms with Crippen molar-refractivity contribution in [3.05, 3.63) is 58.1 Å². The Labute approximate surface area is 193 Å². The van der Waals surface area contributed by atoms with E-state index in [9.17, 15) is 31.1 Å². The lowest BCUT2D eigenvalue weighted by molar-refractivity contribution is -0.143. The van der Waals surface area contributed by atoms with Gasteiger partial charge in [0.2, 0.25) is 5.95 Å². The number of anilines is 1. The van der Waals surface area contributed by atoms with Crippen LogP contribution < -0.4 is 10.2 Å². The van der Waals surface area contributed by atoms with Gasteiger partial charge in [0.25, 0.3) is 11.9 Å². The monoisotopic (exact) mass is 507 g/mol. The third kappa shape index (κ3) is 5.55. The van der Waals surface area contributed by atoms with Crippen LogP contribution in [0.4, 0.5) is 32.3 Å². The topological polar surface area (TPSA) is 88.8 Å². The summed E-state index contributed by atoms with van der Waals surface area (Å²) in [5.74, 6) is -0.892. The SMILES string of the molecule is C[C@H](NC(=O)c1cc(C(F)(F)F)cc(C(F)(F)F)c1)c1nc(N(C)C)nn1-c1ncc(Cl)cn1. The van der Waals surface area contributed by atoms with Crippen LogP contribution in [-0.2, 0) is 12.4 Å². The zero-order chi connectivity index (χ0) is 25.4. The van der Waals surface area contributed by atoms with Gasteiger partial charge in [0.1, 0.15) is 0 Å². The van der Waals surface area contributed by atoms with E-state index in [0.717, 1.165) is 0 Å². The number of amides is 1. The number of halogens is 7. The lowest BCUT2D eigenvalue weighted by Gasteiger charge is -2.16. The van der Waals surface area contributed by atoms with Crippen LogP contribution in [0.2, 0.25) is 5.02 Å². The zero-order valence-electron chi connectivity index (χ0n) is 17.7. The maximum Gasteiger partial charge on any atom is 0.416 e. The molecule has 1 aromatic carbocycles. The maximum absolute atomic E-state index is 13.1. The summed E-state index contributed by atoms with van der Waals surface area (Å²) in [4.78, 5) is 26.5. The molecule has 1 amide bonds. The Balaban J connectivity index is 1.98. The second-order valence-electron chi connectivity index (χ2n) is 7.27. The molecule has 0 spiro atoms. The number of nitrogens with zero attached hydrogens (tertiary/aromatic N) is 6. The Morgan fingerprint density at radius 2 is 1.56 bits per heavy atom. The summed E-state index contributed by atoms with van der Waals surface area (Å²) in [6, 6.07) is -0.389. The lowest BCUT2D eigenvalue weighted by atomic mass is 10.0. The van der Waals surface area contributed by atoms with Crippen molar-refractivity contribution < 1.29 is 31.1 Å². The van der Waals surface area contributed by atoms with Gasteiger partial charge in [0, 0.05) is 19.7 Å². The number of benzene rings is 1. The molecule has 2 heterocycles. The molecule has 0 fully saturated rings. The van der Waals surface area contributed by atoms with E-state index < -0.39 is 41.0 Å². The number of hydrogen-bond acceptors (Lipinski definition) is 6. The number of carbonyl (C=O) groups excluding carboxylic acids is 1. The number of hydrogen-bond donors (Lipinski definition) is 1. The Bertz CT molecular complexity index is 1160. The number of alkyl halides is 6. The summed E-state index contributed by atoms with van der Waals surface area (Å²) in [7, 11) is 3.27. The van der Waals surface area contributed by atoms with Crippen LogP contribution in [-0.4, -0.2) is 44.7 Å². The predicted octanol–water partition coefficient (Wildman–Crippen LogP) is 4.31. The second-order valence-corrected chi connectivity index (χ2v) is 7.70. The highest BCUT2D eigenvalue weighted by atomic mass is 35.5. The smallest absolute Gasteiger partial charge is 0.346 e. The van der Waals surface area contributed by atoms with Gasteiger partial charge >= 0.3 is 12.4 Å². The quantitative estimate of drug-likeness (QED) is 0.518. The highest BCUT2D eigenvalue weighted by Gasteiger charge is 2.37. The summed E-state index contributed by atoms with van der Waals surface area (Å²) in [5, 5.41) is 6.81. The molecule has 3 aromatic rings. The minimum absolute atomic E-state index is 0.0273. The molecule has 182 valence electrons. The van der Waals surface area contributed by atoms with E-state index in [1.807, 2.05) is 0 Å². The number of nitrogens with one attached hydrogen (secondary N) is 1. The highest BCUT2D eigenvalue weighted by molar-refractivity contribution is 6.30. The van der Waals surface area contributed by atoms with Crippen LogP contribution in [0.1, 0.15) is 40.3 Å². The van der Waals surface area contributed by atoms with E-state index in [4.69, 9.17) is 11.6 Å². The average Bonchev–Trinajstić information content (AvgIpc) is 3.18. The minimum Gasteiger partial charge on any atom is -0.346 e. The first-order valence-corrected chi connectivity index (χ1v) is 9.77. The molecule has 1 N–H and O–H groups in total. The van der Waals surface area contributed by atoms with Crippen molar-refractivity contribution in [2.24, 2.45) is 0 Å². The summed E-state index contributed by atoms with van der Waals surface area (Å²) in [6.45, 7) is 1.42.